The summed E-state index contributed by atoms with van der Waals surface area (Å²) in [5, 5.41) is 0. The van der Waals surface area contributed by atoms with Gasteiger partial charge in [0.05, 0.1) is 25.9 Å². The van der Waals surface area contributed by atoms with Crippen LogP contribution < -0.4 is 0 Å². The highest BCUT2D eigenvalue weighted by molar-refractivity contribution is 5.83. The van der Waals surface area contributed by atoms with Crippen molar-refractivity contribution in [2.45, 2.75) is 63.0 Å². The molecular weight excluding hydrogens is 434 g/mol. The van der Waals surface area contributed by atoms with Gasteiger partial charge in [0.1, 0.15) is 11.6 Å². The maximum Gasteiger partial charge on any atom is 0.411 e. The second-order valence-corrected chi connectivity index (χ2v) is 10.3. The molecule has 0 bridgehead atoms. The second kappa shape index (κ2) is 9.06. The largest absolute Gasteiger partial charge is 0.467 e. The molecule has 5 atom stereocenters. The SMILES string of the molecule is C=CCC1CN(C)C2=CC=CC3=CC=NC32C1O[C@@H]1C[C@@H](C(=O)OC)N(C(=O)OC(C)(C)C)C1. The maximum atomic E-state index is 12.9. The van der Waals surface area contributed by atoms with Gasteiger partial charge in [-0.05, 0) is 44.9 Å². The van der Waals surface area contributed by atoms with Crippen LogP contribution in [-0.4, -0.2) is 84.7 Å². The van der Waals surface area contributed by atoms with Gasteiger partial charge in [0, 0.05) is 37.8 Å². The molecule has 8 heteroatoms. The number of aliphatic imine (C=N–C) groups is 1. The monoisotopic (exact) mass is 469 g/mol. The molecule has 3 heterocycles. The highest BCUT2D eigenvalue weighted by Crippen LogP contribution is 2.49. The number of likely N-dealkylation sites (N-methyl/N-ethyl adjacent to an activating group) is 1. The van der Waals surface area contributed by atoms with Crippen molar-refractivity contribution in [3.8, 4) is 0 Å². The number of esters is 1. The van der Waals surface area contributed by atoms with Gasteiger partial charge in [0.15, 0.2) is 5.54 Å². The van der Waals surface area contributed by atoms with Gasteiger partial charge in [-0.25, -0.2) is 9.59 Å². The van der Waals surface area contributed by atoms with E-state index in [0.717, 1.165) is 24.2 Å². The van der Waals surface area contributed by atoms with E-state index in [1.165, 1.54) is 12.0 Å². The third-order valence-electron chi connectivity index (χ3n) is 6.82. The molecule has 2 saturated heterocycles. The van der Waals surface area contributed by atoms with Crippen LogP contribution in [0.4, 0.5) is 4.79 Å². The normalized spacial score (nSPS) is 32.0. The molecule has 0 N–H and O–H groups in total. The van der Waals surface area contributed by atoms with Gasteiger partial charge in [-0.3, -0.25) is 9.89 Å². The molecule has 4 rings (SSSR count). The summed E-state index contributed by atoms with van der Waals surface area (Å²) in [5.41, 5.74) is 0.856. The molecule has 0 saturated carbocycles. The van der Waals surface area contributed by atoms with E-state index in [4.69, 9.17) is 19.2 Å². The zero-order chi connectivity index (χ0) is 24.7. The molecule has 2 fully saturated rings. The first-order valence-electron chi connectivity index (χ1n) is 11.8. The Bertz CT molecular complexity index is 975. The topological polar surface area (TPSA) is 80.7 Å². The van der Waals surface area contributed by atoms with Crippen LogP contribution in [0.25, 0.3) is 0 Å². The standard InChI is InChI=1S/C26H35N3O5/c1-7-9-17-15-28(5)21-11-8-10-18-12-13-27-26(18,21)22(17)33-19-14-20(23(30)32-6)29(16-19)24(31)34-25(2,3)4/h7-8,10-13,17,19-20,22H,1,9,14-16H2,2-6H3/t17?,19-,20+,22?,26?/m1/s1. The number of ether oxygens (including phenoxy) is 3. The molecule has 184 valence electrons. The average Bonchev–Trinajstić information content (AvgIpc) is 3.39. The third kappa shape index (κ3) is 4.19. The molecule has 4 aliphatic rings. The van der Waals surface area contributed by atoms with Gasteiger partial charge in [-0.2, -0.15) is 0 Å². The average molecular weight is 470 g/mol. The summed E-state index contributed by atoms with van der Waals surface area (Å²) in [4.78, 5) is 34.1. The molecule has 0 radical (unpaired) electrons. The van der Waals surface area contributed by atoms with E-state index in [1.54, 1.807) is 20.8 Å². The first kappa shape index (κ1) is 24.3. The summed E-state index contributed by atoms with van der Waals surface area (Å²) < 4.78 is 17.4. The van der Waals surface area contributed by atoms with Crippen molar-refractivity contribution in [3.63, 3.8) is 0 Å². The molecular formula is C26H35N3O5. The van der Waals surface area contributed by atoms with E-state index in [0.29, 0.717) is 6.42 Å². The number of carbonyl (C=O) groups excluding carboxylic acids is 2. The molecule has 3 aliphatic heterocycles. The Morgan fingerprint density at radius 3 is 2.74 bits per heavy atom. The zero-order valence-corrected chi connectivity index (χ0v) is 20.7. The minimum atomic E-state index is -0.755. The summed E-state index contributed by atoms with van der Waals surface area (Å²) in [7, 11) is 3.41. The molecule has 1 spiro atoms. The van der Waals surface area contributed by atoms with Crippen LogP contribution in [0.2, 0.25) is 0 Å². The first-order valence-corrected chi connectivity index (χ1v) is 11.8. The lowest BCUT2D eigenvalue weighted by molar-refractivity contribution is -0.145. The van der Waals surface area contributed by atoms with Crippen LogP contribution in [0.3, 0.4) is 0 Å². The molecule has 3 unspecified atom stereocenters. The van der Waals surface area contributed by atoms with Crippen molar-refractivity contribution in [1.29, 1.82) is 0 Å². The Morgan fingerprint density at radius 2 is 2.06 bits per heavy atom. The molecule has 34 heavy (non-hydrogen) atoms. The lowest BCUT2D eigenvalue weighted by Crippen LogP contribution is -2.60. The number of methoxy groups -OCH3 is 1. The van der Waals surface area contributed by atoms with Crippen molar-refractivity contribution in [2.75, 3.05) is 27.2 Å². The van der Waals surface area contributed by atoms with E-state index in [2.05, 4.69) is 30.7 Å². The highest BCUT2D eigenvalue weighted by atomic mass is 16.6. The number of hydrogen-bond donors (Lipinski definition) is 0. The maximum absolute atomic E-state index is 12.9. The number of rotatable bonds is 5. The fraction of sp³-hybridized carbons (Fsp3) is 0.577. The summed E-state index contributed by atoms with van der Waals surface area (Å²) in [6, 6.07) is -0.755. The lowest BCUT2D eigenvalue weighted by Gasteiger charge is -2.52. The summed E-state index contributed by atoms with van der Waals surface area (Å²) in [6.07, 6.45) is 11.9. The smallest absolute Gasteiger partial charge is 0.411 e. The van der Waals surface area contributed by atoms with E-state index < -0.39 is 29.2 Å². The molecule has 0 aromatic heterocycles. The lowest BCUT2D eigenvalue weighted by atomic mass is 9.70. The summed E-state index contributed by atoms with van der Waals surface area (Å²) in [5.74, 6) is -0.334. The highest BCUT2D eigenvalue weighted by Gasteiger charge is 2.56. The number of piperidine rings is 1. The number of nitrogens with zero attached hydrogens (tertiary/aromatic N) is 3. The van der Waals surface area contributed by atoms with Crippen molar-refractivity contribution >= 4 is 18.3 Å². The van der Waals surface area contributed by atoms with Crippen molar-refractivity contribution in [3.05, 3.63) is 48.2 Å². The van der Waals surface area contributed by atoms with Crippen molar-refractivity contribution in [1.82, 2.24) is 9.80 Å². The minimum absolute atomic E-state index is 0.136. The predicted octanol–water partition coefficient (Wildman–Crippen LogP) is 3.26. The van der Waals surface area contributed by atoms with E-state index in [1.807, 2.05) is 24.4 Å². The van der Waals surface area contributed by atoms with E-state index >= 15 is 0 Å². The van der Waals surface area contributed by atoms with Gasteiger partial charge in [0.25, 0.3) is 0 Å². The predicted molar refractivity (Wildman–Crippen MR) is 129 cm³/mol. The second-order valence-electron chi connectivity index (χ2n) is 10.3. The third-order valence-corrected chi connectivity index (χ3v) is 6.82. The fourth-order valence-electron chi connectivity index (χ4n) is 5.50. The Kier molecular flexibility index (Phi) is 6.46. The van der Waals surface area contributed by atoms with Crippen LogP contribution in [-0.2, 0) is 19.0 Å². The van der Waals surface area contributed by atoms with Crippen molar-refractivity contribution in [2.24, 2.45) is 10.9 Å². The van der Waals surface area contributed by atoms with Crippen molar-refractivity contribution < 1.29 is 23.8 Å². The summed E-state index contributed by atoms with van der Waals surface area (Å²) >= 11 is 0. The molecule has 1 amide bonds. The Labute approximate surface area is 201 Å². The quantitative estimate of drug-likeness (QED) is 0.454. The van der Waals surface area contributed by atoms with E-state index in [9.17, 15) is 9.59 Å². The first-order chi connectivity index (χ1) is 16.1. The minimum Gasteiger partial charge on any atom is -0.467 e. The summed E-state index contributed by atoms with van der Waals surface area (Å²) in [6.45, 7) is 10.4. The number of hydrogen-bond acceptors (Lipinski definition) is 7. The molecule has 0 aromatic rings. The Balaban J connectivity index is 1.63. The Hall–Kier alpha value is -2.87. The molecule has 8 nitrogen and oxygen atoms in total. The van der Waals surface area contributed by atoms with Gasteiger partial charge in [-0.15, -0.1) is 6.58 Å². The number of likely N-dealkylation sites (tertiary alicyclic amines) is 2. The Morgan fingerprint density at radius 1 is 1.29 bits per heavy atom. The van der Waals surface area contributed by atoms with Gasteiger partial charge >= 0.3 is 12.1 Å². The number of amides is 1. The number of carbonyl (C=O) groups is 2. The van der Waals surface area contributed by atoms with E-state index in [-0.39, 0.29) is 24.7 Å². The van der Waals surface area contributed by atoms with Crippen LogP contribution in [0.15, 0.2) is 53.2 Å². The zero-order valence-electron chi connectivity index (χ0n) is 20.7. The van der Waals surface area contributed by atoms with Crippen LogP contribution in [0, 0.1) is 5.92 Å². The van der Waals surface area contributed by atoms with Crippen LogP contribution >= 0.6 is 0 Å². The van der Waals surface area contributed by atoms with Crippen LogP contribution in [0.5, 0.6) is 0 Å². The van der Waals surface area contributed by atoms with Crippen LogP contribution in [0.1, 0.15) is 33.6 Å². The fourth-order valence-corrected chi connectivity index (χ4v) is 5.50. The van der Waals surface area contributed by atoms with Gasteiger partial charge in [0.2, 0.25) is 0 Å². The number of allylic oxidation sites excluding steroid dienone is 4. The van der Waals surface area contributed by atoms with Gasteiger partial charge in [-0.1, -0.05) is 18.2 Å². The molecule has 0 aromatic carbocycles. The van der Waals surface area contributed by atoms with Gasteiger partial charge < -0.3 is 19.1 Å². The molecule has 1 aliphatic carbocycles.